The van der Waals surface area contributed by atoms with Gasteiger partial charge in [0, 0.05) is 12.6 Å². The minimum atomic E-state index is -0.0856. The Morgan fingerprint density at radius 2 is 1.88 bits per heavy atom. The Balaban J connectivity index is 1.71. The van der Waals surface area contributed by atoms with Gasteiger partial charge in [0.1, 0.15) is 0 Å². The van der Waals surface area contributed by atoms with Crippen molar-refractivity contribution in [2.75, 3.05) is 0 Å². The minimum Gasteiger partial charge on any atom is -0.335 e. The van der Waals surface area contributed by atoms with Gasteiger partial charge in [0.05, 0.1) is 0 Å². The van der Waals surface area contributed by atoms with Gasteiger partial charge < -0.3 is 10.6 Å². The summed E-state index contributed by atoms with van der Waals surface area (Å²) in [5.41, 5.74) is 1.11. The smallest absolute Gasteiger partial charge is 0.315 e. The summed E-state index contributed by atoms with van der Waals surface area (Å²) >= 11 is 0. The van der Waals surface area contributed by atoms with Gasteiger partial charge in [0.2, 0.25) is 0 Å². The Morgan fingerprint density at radius 1 is 1.19 bits per heavy atom. The fourth-order valence-electron chi connectivity index (χ4n) is 1.75. The summed E-state index contributed by atoms with van der Waals surface area (Å²) in [7, 11) is 0. The molecule has 3 nitrogen and oxygen atoms in total. The van der Waals surface area contributed by atoms with Crippen molar-refractivity contribution < 1.29 is 4.79 Å². The molecule has 0 bridgehead atoms. The molecule has 2 rings (SSSR count). The van der Waals surface area contributed by atoms with Crippen LogP contribution in [0.5, 0.6) is 0 Å². The third-order valence-corrected chi connectivity index (χ3v) is 2.64. The molecule has 0 spiro atoms. The Morgan fingerprint density at radius 3 is 2.56 bits per heavy atom. The predicted octanol–water partition coefficient (Wildman–Crippen LogP) is 2.20. The molecule has 1 aromatic carbocycles. The standard InChI is InChI=1S/C13H16N2O/c16-13(15-12-8-4-5-9-12)14-10-11-6-2-1-3-7-11/h1-7,12H,8-10H2,(H2,14,15,16). The quantitative estimate of drug-likeness (QED) is 0.747. The van der Waals surface area contributed by atoms with Gasteiger partial charge >= 0.3 is 6.03 Å². The van der Waals surface area contributed by atoms with Crippen LogP contribution in [-0.2, 0) is 6.54 Å². The van der Waals surface area contributed by atoms with Crippen molar-refractivity contribution in [2.45, 2.75) is 25.4 Å². The monoisotopic (exact) mass is 216 g/mol. The molecule has 1 aliphatic rings. The third kappa shape index (κ3) is 3.12. The van der Waals surface area contributed by atoms with E-state index in [-0.39, 0.29) is 12.1 Å². The van der Waals surface area contributed by atoms with E-state index in [9.17, 15) is 4.79 Å². The highest BCUT2D eigenvalue weighted by atomic mass is 16.2. The summed E-state index contributed by atoms with van der Waals surface area (Å²) < 4.78 is 0. The zero-order chi connectivity index (χ0) is 11.2. The van der Waals surface area contributed by atoms with Crippen molar-refractivity contribution >= 4 is 6.03 Å². The van der Waals surface area contributed by atoms with E-state index < -0.39 is 0 Å². The predicted molar refractivity (Wildman–Crippen MR) is 64.0 cm³/mol. The summed E-state index contributed by atoms with van der Waals surface area (Å²) in [6.45, 7) is 0.576. The Bertz CT molecular complexity index is 365. The second kappa shape index (κ2) is 5.35. The van der Waals surface area contributed by atoms with E-state index in [0.717, 1.165) is 18.4 Å². The Kier molecular flexibility index (Phi) is 3.59. The lowest BCUT2D eigenvalue weighted by Gasteiger charge is -2.12. The number of carbonyl (C=O) groups is 1. The Labute approximate surface area is 95.6 Å². The van der Waals surface area contributed by atoms with E-state index in [0.29, 0.717) is 6.54 Å². The molecule has 0 saturated carbocycles. The summed E-state index contributed by atoms with van der Waals surface area (Å²) in [5.74, 6) is 0. The fraction of sp³-hybridized carbons (Fsp3) is 0.308. The van der Waals surface area contributed by atoms with Gasteiger partial charge in [-0.05, 0) is 18.4 Å². The summed E-state index contributed by atoms with van der Waals surface area (Å²) in [4.78, 5) is 11.5. The van der Waals surface area contributed by atoms with E-state index in [1.54, 1.807) is 0 Å². The molecular weight excluding hydrogens is 200 g/mol. The van der Waals surface area contributed by atoms with Crippen LogP contribution in [0.1, 0.15) is 18.4 Å². The second-order valence-corrected chi connectivity index (χ2v) is 3.95. The first kappa shape index (κ1) is 10.7. The molecule has 0 saturated heterocycles. The molecule has 1 aromatic rings. The van der Waals surface area contributed by atoms with Crippen LogP contribution in [0.15, 0.2) is 42.5 Å². The topological polar surface area (TPSA) is 41.1 Å². The van der Waals surface area contributed by atoms with Gasteiger partial charge in [0.15, 0.2) is 0 Å². The summed E-state index contributed by atoms with van der Waals surface area (Å²) in [6.07, 6.45) is 6.09. The van der Waals surface area contributed by atoms with E-state index >= 15 is 0 Å². The van der Waals surface area contributed by atoms with Crippen molar-refractivity contribution in [1.82, 2.24) is 10.6 Å². The lowest BCUT2D eigenvalue weighted by molar-refractivity contribution is 0.237. The van der Waals surface area contributed by atoms with E-state index in [1.807, 2.05) is 30.3 Å². The molecule has 84 valence electrons. The SMILES string of the molecule is O=C(NCc1ccccc1)NC1CC=CC1. The van der Waals surface area contributed by atoms with Gasteiger partial charge in [-0.2, -0.15) is 0 Å². The highest BCUT2D eigenvalue weighted by Crippen LogP contribution is 2.08. The molecule has 16 heavy (non-hydrogen) atoms. The van der Waals surface area contributed by atoms with Crippen molar-refractivity contribution in [3.8, 4) is 0 Å². The number of carbonyl (C=O) groups excluding carboxylic acids is 1. The summed E-state index contributed by atoms with van der Waals surface area (Å²) in [5, 5.41) is 5.78. The zero-order valence-electron chi connectivity index (χ0n) is 9.15. The molecule has 0 aromatic heterocycles. The number of hydrogen-bond acceptors (Lipinski definition) is 1. The molecule has 2 amide bonds. The number of amides is 2. The minimum absolute atomic E-state index is 0.0856. The molecule has 1 aliphatic carbocycles. The fourth-order valence-corrected chi connectivity index (χ4v) is 1.75. The number of hydrogen-bond donors (Lipinski definition) is 2. The molecule has 2 N–H and O–H groups in total. The van der Waals surface area contributed by atoms with Crippen LogP contribution < -0.4 is 10.6 Å². The van der Waals surface area contributed by atoms with Crippen LogP contribution in [0.25, 0.3) is 0 Å². The highest BCUT2D eigenvalue weighted by molar-refractivity contribution is 5.74. The van der Waals surface area contributed by atoms with Gasteiger partial charge in [-0.15, -0.1) is 0 Å². The van der Waals surface area contributed by atoms with Crippen LogP contribution in [0.2, 0.25) is 0 Å². The van der Waals surface area contributed by atoms with Gasteiger partial charge in [0.25, 0.3) is 0 Å². The van der Waals surface area contributed by atoms with Crippen LogP contribution in [-0.4, -0.2) is 12.1 Å². The van der Waals surface area contributed by atoms with Crippen molar-refractivity contribution in [3.63, 3.8) is 0 Å². The largest absolute Gasteiger partial charge is 0.335 e. The number of nitrogens with one attached hydrogen (secondary N) is 2. The number of rotatable bonds is 3. The molecule has 0 aliphatic heterocycles. The van der Waals surface area contributed by atoms with Crippen LogP contribution in [0.4, 0.5) is 4.79 Å². The number of benzene rings is 1. The lowest BCUT2D eigenvalue weighted by Crippen LogP contribution is -2.40. The van der Waals surface area contributed by atoms with Gasteiger partial charge in [-0.3, -0.25) is 0 Å². The molecule has 0 atom stereocenters. The highest BCUT2D eigenvalue weighted by Gasteiger charge is 2.12. The first-order chi connectivity index (χ1) is 7.84. The van der Waals surface area contributed by atoms with E-state index in [4.69, 9.17) is 0 Å². The maximum absolute atomic E-state index is 11.5. The van der Waals surface area contributed by atoms with Crippen molar-refractivity contribution in [1.29, 1.82) is 0 Å². The van der Waals surface area contributed by atoms with Crippen molar-refractivity contribution in [2.24, 2.45) is 0 Å². The normalized spacial score (nSPS) is 15.0. The third-order valence-electron chi connectivity index (χ3n) is 2.64. The zero-order valence-corrected chi connectivity index (χ0v) is 9.15. The molecule has 0 heterocycles. The van der Waals surface area contributed by atoms with E-state index in [2.05, 4.69) is 22.8 Å². The second-order valence-electron chi connectivity index (χ2n) is 3.95. The number of urea groups is 1. The average Bonchev–Trinajstić information content (AvgIpc) is 2.81. The van der Waals surface area contributed by atoms with Crippen LogP contribution in [0.3, 0.4) is 0 Å². The summed E-state index contributed by atoms with van der Waals surface area (Å²) in [6, 6.07) is 10.1. The maximum Gasteiger partial charge on any atom is 0.315 e. The van der Waals surface area contributed by atoms with Gasteiger partial charge in [-0.25, -0.2) is 4.79 Å². The molecular formula is C13H16N2O. The van der Waals surface area contributed by atoms with E-state index in [1.165, 1.54) is 0 Å². The first-order valence-corrected chi connectivity index (χ1v) is 5.58. The molecule has 0 fully saturated rings. The van der Waals surface area contributed by atoms with Crippen LogP contribution >= 0.6 is 0 Å². The van der Waals surface area contributed by atoms with Gasteiger partial charge in [-0.1, -0.05) is 42.5 Å². The first-order valence-electron chi connectivity index (χ1n) is 5.58. The molecule has 0 radical (unpaired) electrons. The van der Waals surface area contributed by atoms with Crippen molar-refractivity contribution in [3.05, 3.63) is 48.0 Å². The maximum atomic E-state index is 11.5. The molecule has 0 unspecified atom stereocenters. The average molecular weight is 216 g/mol. The molecule has 3 heteroatoms. The van der Waals surface area contributed by atoms with Crippen LogP contribution in [0, 0.1) is 0 Å². The lowest BCUT2D eigenvalue weighted by atomic mass is 10.2. The Hall–Kier alpha value is -1.77.